The summed E-state index contributed by atoms with van der Waals surface area (Å²) in [6, 6.07) is 7.51. The van der Waals surface area contributed by atoms with Crippen molar-refractivity contribution in [3.05, 3.63) is 58.0 Å². The van der Waals surface area contributed by atoms with E-state index in [1.165, 1.54) is 54.3 Å². The number of alkyl halides is 3. The fourth-order valence-corrected chi connectivity index (χ4v) is 4.32. The highest BCUT2D eigenvalue weighted by atomic mass is 32.2. The van der Waals surface area contributed by atoms with Gasteiger partial charge in [0.25, 0.3) is 5.91 Å². The average molecular weight is 455 g/mol. The standard InChI is InChI=1S/C19H16F3N3O3S2/c1-3-28-18(27)13-10-23-25(16(13)19(20,21)22)12-6-4-11(5-7-12)24-17(26)15-14(29-2)8-9-30-15/h4-10H,3H2,1-2H3,(H,24,26). The fraction of sp³-hybridized carbons (Fsp3) is 0.211. The van der Waals surface area contributed by atoms with E-state index in [1.807, 2.05) is 12.3 Å². The van der Waals surface area contributed by atoms with Crippen LogP contribution in [0.4, 0.5) is 18.9 Å². The van der Waals surface area contributed by atoms with E-state index in [9.17, 15) is 22.8 Å². The Morgan fingerprint density at radius 2 is 1.93 bits per heavy atom. The van der Waals surface area contributed by atoms with Crippen molar-refractivity contribution >= 4 is 40.7 Å². The molecule has 0 aliphatic carbocycles. The molecule has 0 aliphatic rings. The Morgan fingerprint density at radius 1 is 1.23 bits per heavy atom. The van der Waals surface area contributed by atoms with Crippen molar-refractivity contribution in [2.75, 3.05) is 18.2 Å². The van der Waals surface area contributed by atoms with E-state index in [1.54, 1.807) is 5.38 Å². The zero-order chi connectivity index (χ0) is 21.9. The number of carbonyl (C=O) groups excluding carboxylic acids is 2. The van der Waals surface area contributed by atoms with Gasteiger partial charge in [-0.2, -0.15) is 18.3 Å². The highest BCUT2D eigenvalue weighted by molar-refractivity contribution is 7.98. The highest BCUT2D eigenvalue weighted by Gasteiger charge is 2.41. The van der Waals surface area contributed by atoms with Gasteiger partial charge in [0.15, 0.2) is 5.69 Å². The van der Waals surface area contributed by atoms with Crippen LogP contribution in [0.1, 0.15) is 32.6 Å². The first-order valence-electron chi connectivity index (χ1n) is 8.61. The molecule has 2 heterocycles. The first-order chi connectivity index (χ1) is 14.3. The summed E-state index contributed by atoms with van der Waals surface area (Å²) in [6.07, 6.45) is -2.13. The Bertz CT molecular complexity index is 1060. The number of rotatable bonds is 6. The van der Waals surface area contributed by atoms with Gasteiger partial charge in [0, 0.05) is 10.6 Å². The molecule has 30 heavy (non-hydrogen) atoms. The summed E-state index contributed by atoms with van der Waals surface area (Å²) in [5.41, 5.74) is -1.39. The normalized spacial score (nSPS) is 11.4. The molecule has 0 radical (unpaired) electrons. The summed E-state index contributed by atoms with van der Waals surface area (Å²) in [5, 5.41) is 8.24. The van der Waals surface area contributed by atoms with E-state index < -0.39 is 23.4 Å². The quantitative estimate of drug-likeness (QED) is 0.413. The maximum absolute atomic E-state index is 13.6. The predicted octanol–water partition coefficient (Wildman–Crippen LogP) is 5.10. The van der Waals surface area contributed by atoms with E-state index in [-0.39, 0.29) is 18.2 Å². The van der Waals surface area contributed by atoms with Gasteiger partial charge in [0.05, 0.1) is 18.5 Å². The molecule has 2 aromatic heterocycles. The summed E-state index contributed by atoms with van der Waals surface area (Å²) < 4.78 is 46.1. The number of esters is 1. The lowest BCUT2D eigenvalue weighted by Gasteiger charge is -2.13. The lowest BCUT2D eigenvalue weighted by molar-refractivity contribution is -0.143. The Labute approximate surface area is 178 Å². The monoisotopic (exact) mass is 455 g/mol. The van der Waals surface area contributed by atoms with Gasteiger partial charge in [-0.25, -0.2) is 9.48 Å². The summed E-state index contributed by atoms with van der Waals surface area (Å²) >= 11 is 2.75. The molecule has 0 fully saturated rings. The predicted molar refractivity (Wildman–Crippen MR) is 109 cm³/mol. The number of amides is 1. The van der Waals surface area contributed by atoms with Gasteiger partial charge in [-0.05, 0) is 48.9 Å². The second-order valence-corrected chi connectivity index (χ2v) is 7.62. The smallest absolute Gasteiger partial charge is 0.434 e. The van der Waals surface area contributed by atoms with Crippen molar-refractivity contribution in [3.8, 4) is 5.69 Å². The van der Waals surface area contributed by atoms with Crippen LogP contribution in [0.2, 0.25) is 0 Å². The number of nitrogens with zero attached hydrogens (tertiary/aromatic N) is 2. The van der Waals surface area contributed by atoms with Crippen molar-refractivity contribution in [2.45, 2.75) is 18.0 Å². The number of ether oxygens (including phenoxy) is 1. The first-order valence-corrected chi connectivity index (χ1v) is 10.7. The van der Waals surface area contributed by atoms with Gasteiger partial charge in [-0.15, -0.1) is 23.1 Å². The first kappa shape index (κ1) is 21.9. The van der Waals surface area contributed by atoms with E-state index in [0.29, 0.717) is 15.2 Å². The second kappa shape index (κ2) is 8.92. The fourth-order valence-electron chi connectivity index (χ4n) is 2.67. The van der Waals surface area contributed by atoms with Crippen LogP contribution < -0.4 is 5.32 Å². The van der Waals surface area contributed by atoms with Crippen LogP contribution in [0, 0.1) is 0 Å². The van der Waals surface area contributed by atoms with Crippen molar-refractivity contribution in [2.24, 2.45) is 0 Å². The van der Waals surface area contributed by atoms with Crippen molar-refractivity contribution in [1.82, 2.24) is 9.78 Å². The SMILES string of the molecule is CCOC(=O)c1cnn(-c2ccc(NC(=O)c3sccc3SC)cc2)c1C(F)(F)F. The van der Waals surface area contributed by atoms with Crippen LogP contribution in [-0.4, -0.2) is 34.5 Å². The molecule has 6 nitrogen and oxygen atoms in total. The van der Waals surface area contributed by atoms with Crippen LogP contribution >= 0.6 is 23.1 Å². The van der Waals surface area contributed by atoms with E-state index in [0.717, 1.165) is 11.1 Å². The molecule has 0 aliphatic heterocycles. The van der Waals surface area contributed by atoms with Crippen LogP contribution in [-0.2, 0) is 10.9 Å². The Balaban J connectivity index is 1.88. The molecule has 0 saturated carbocycles. The molecule has 3 rings (SSSR count). The molecule has 1 amide bonds. The number of anilines is 1. The lowest BCUT2D eigenvalue weighted by atomic mass is 10.2. The number of thiophene rings is 1. The van der Waals surface area contributed by atoms with Gasteiger partial charge in [0.2, 0.25) is 0 Å². The number of benzene rings is 1. The largest absolute Gasteiger partial charge is 0.462 e. The number of aromatic nitrogens is 2. The van der Waals surface area contributed by atoms with Crippen molar-refractivity contribution in [3.63, 3.8) is 0 Å². The number of halogens is 3. The Kier molecular flexibility index (Phi) is 6.52. The molecular weight excluding hydrogens is 439 g/mol. The third kappa shape index (κ3) is 4.51. The van der Waals surface area contributed by atoms with Crippen LogP contribution in [0.25, 0.3) is 5.69 Å². The summed E-state index contributed by atoms with van der Waals surface area (Å²) in [6.45, 7) is 1.44. The van der Waals surface area contributed by atoms with Gasteiger partial charge in [-0.3, -0.25) is 4.79 Å². The minimum absolute atomic E-state index is 0.0573. The highest BCUT2D eigenvalue weighted by Crippen LogP contribution is 2.34. The molecule has 1 N–H and O–H groups in total. The number of hydrogen-bond donors (Lipinski definition) is 1. The molecular formula is C19H16F3N3O3S2. The third-order valence-electron chi connectivity index (χ3n) is 3.96. The molecule has 0 atom stereocenters. The Hall–Kier alpha value is -2.79. The average Bonchev–Trinajstić information content (AvgIpc) is 3.35. The molecule has 0 unspecified atom stereocenters. The molecule has 1 aromatic carbocycles. The molecule has 158 valence electrons. The Morgan fingerprint density at radius 3 is 2.53 bits per heavy atom. The number of carbonyl (C=O) groups is 2. The molecule has 0 spiro atoms. The molecule has 0 bridgehead atoms. The number of thioether (sulfide) groups is 1. The van der Waals surface area contributed by atoms with E-state index in [2.05, 4.69) is 15.2 Å². The van der Waals surface area contributed by atoms with E-state index in [4.69, 9.17) is 0 Å². The van der Waals surface area contributed by atoms with Crippen LogP contribution in [0.15, 0.2) is 46.8 Å². The van der Waals surface area contributed by atoms with Gasteiger partial charge >= 0.3 is 12.1 Å². The molecule has 0 saturated heterocycles. The number of nitrogens with one attached hydrogen (secondary N) is 1. The minimum atomic E-state index is -4.82. The minimum Gasteiger partial charge on any atom is -0.462 e. The zero-order valence-corrected chi connectivity index (χ0v) is 17.5. The van der Waals surface area contributed by atoms with E-state index >= 15 is 0 Å². The maximum atomic E-state index is 13.6. The van der Waals surface area contributed by atoms with Gasteiger partial charge < -0.3 is 10.1 Å². The van der Waals surface area contributed by atoms with Gasteiger partial charge in [-0.1, -0.05) is 0 Å². The third-order valence-corrected chi connectivity index (χ3v) is 5.78. The maximum Gasteiger partial charge on any atom is 0.434 e. The van der Waals surface area contributed by atoms with Gasteiger partial charge in [0.1, 0.15) is 10.4 Å². The molecule has 3 aromatic rings. The topological polar surface area (TPSA) is 73.2 Å². The van der Waals surface area contributed by atoms with Crippen LogP contribution in [0.5, 0.6) is 0 Å². The molecule has 11 heteroatoms. The van der Waals surface area contributed by atoms with Crippen molar-refractivity contribution < 1.29 is 27.5 Å². The summed E-state index contributed by atoms with van der Waals surface area (Å²) in [4.78, 5) is 25.7. The lowest BCUT2D eigenvalue weighted by Crippen LogP contribution is -2.18. The summed E-state index contributed by atoms with van der Waals surface area (Å²) in [7, 11) is 0. The van der Waals surface area contributed by atoms with Crippen molar-refractivity contribution in [1.29, 1.82) is 0 Å². The zero-order valence-electron chi connectivity index (χ0n) is 15.8. The second-order valence-electron chi connectivity index (χ2n) is 5.86. The number of hydrogen-bond acceptors (Lipinski definition) is 6. The summed E-state index contributed by atoms with van der Waals surface area (Å²) in [5.74, 6) is -1.40. The van der Waals surface area contributed by atoms with Crippen LogP contribution in [0.3, 0.4) is 0 Å².